The summed E-state index contributed by atoms with van der Waals surface area (Å²) >= 11 is 7.78. The maximum atomic E-state index is 5.99. The summed E-state index contributed by atoms with van der Waals surface area (Å²) in [4.78, 5) is 5.30. The van der Waals surface area contributed by atoms with Crippen molar-refractivity contribution >= 4 is 29.2 Å². The molecule has 1 aromatic carbocycles. The molecule has 1 unspecified atom stereocenters. The van der Waals surface area contributed by atoms with Crippen molar-refractivity contribution in [3.05, 3.63) is 53.2 Å². The van der Waals surface area contributed by atoms with Gasteiger partial charge in [0.1, 0.15) is 5.82 Å². The monoisotopic (exact) mass is 307 g/mol. The van der Waals surface area contributed by atoms with Gasteiger partial charge in [0, 0.05) is 27.9 Å². The highest BCUT2D eigenvalue weighted by Gasteiger charge is 2.10. The van der Waals surface area contributed by atoms with Gasteiger partial charge in [-0.15, -0.1) is 11.8 Å². The molecule has 1 aromatic heterocycles. The Morgan fingerprint density at radius 2 is 2.20 bits per heavy atom. The topological polar surface area (TPSA) is 50.9 Å². The van der Waals surface area contributed by atoms with E-state index in [9.17, 15) is 0 Å². The Balaban J connectivity index is 1.94. The zero-order valence-corrected chi connectivity index (χ0v) is 12.9. The predicted molar refractivity (Wildman–Crippen MR) is 87.4 cm³/mol. The van der Waals surface area contributed by atoms with Gasteiger partial charge in [0.25, 0.3) is 0 Å². The minimum absolute atomic E-state index is 0.338. The van der Waals surface area contributed by atoms with Crippen molar-refractivity contribution in [1.29, 1.82) is 0 Å². The van der Waals surface area contributed by atoms with Gasteiger partial charge < -0.3 is 11.1 Å². The Kier molecular flexibility index (Phi) is 5.71. The van der Waals surface area contributed by atoms with Gasteiger partial charge in [-0.25, -0.2) is 4.98 Å². The highest BCUT2D eigenvalue weighted by molar-refractivity contribution is 7.99. The van der Waals surface area contributed by atoms with Crippen molar-refractivity contribution in [1.82, 2.24) is 10.3 Å². The maximum absolute atomic E-state index is 5.99. The lowest BCUT2D eigenvalue weighted by atomic mass is 10.1. The van der Waals surface area contributed by atoms with Gasteiger partial charge in [-0.2, -0.15) is 0 Å². The lowest BCUT2D eigenvalue weighted by Crippen LogP contribution is -2.30. The minimum Gasteiger partial charge on any atom is -0.383 e. The van der Waals surface area contributed by atoms with Gasteiger partial charge in [-0.1, -0.05) is 23.7 Å². The first-order chi connectivity index (χ1) is 9.69. The van der Waals surface area contributed by atoms with Crippen LogP contribution in [0.25, 0.3) is 0 Å². The van der Waals surface area contributed by atoms with Crippen LogP contribution < -0.4 is 11.1 Å². The van der Waals surface area contributed by atoms with Crippen LogP contribution in [0.15, 0.2) is 47.5 Å². The first-order valence-corrected chi connectivity index (χ1v) is 7.80. The van der Waals surface area contributed by atoms with Gasteiger partial charge in [0.2, 0.25) is 0 Å². The zero-order chi connectivity index (χ0) is 14.4. The summed E-state index contributed by atoms with van der Waals surface area (Å²) in [5, 5.41) is 4.10. The summed E-state index contributed by atoms with van der Waals surface area (Å²) in [5.41, 5.74) is 6.97. The average Bonchev–Trinajstić information content (AvgIpc) is 2.45. The van der Waals surface area contributed by atoms with Crippen LogP contribution in [0.2, 0.25) is 5.02 Å². The van der Waals surface area contributed by atoms with E-state index < -0.39 is 0 Å². The number of hydrogen-bond donors (Lipinski definition) is 2. The normalized spacial score (nSPS) is 12.3. The van der Waals surface area contributed by atoms with Crippen LogP contribution in [0.5, 0.6) is 0 Å². The Morgan fingerprint density at radius 1 is 1.35 bits per heavy atom. The average molecular weight is 308 g/mol. The molecular weight excluding hydrogens is 290 g/mol. The van der Waals surface area contributed by atoms with Gasteiger partial charge in [-0.3, -0.25) is 0 Å². The highest BCUT2D eigenvalue weighted by Crippen LogP contribution is 2.23. The van der Waals surface area contributed by atoms with Crippen molar-refractivity contribution in [3.63, 3.8) is 0 Å². The van der Waals surface area contributed by atoms with Crippen LogP contribution in [0.4, 0.5) is 5.82 Å². The fourth-order valence-electron chi connectivity index (χ4n) is 1.89. The number of pyridine rings is 1. The summed E-state index contributed by atoms with van der Waals surface area (Å²) in [7, 11) is 1.97. The molecular formula is C15H18ClN3S. The second kappa shape index (κ2) is 7.53. The van der Waals surface area contributed by atoms with Crippen LogP contribution in [0.3, 0.4) is 0 Å². The third-order valence-electron chi connectivity index (χ3n) is 3.05. The molecule has 0 fully saturated rings. The Bertz CT molecular complexity index is 562. The molecule has 2 rings (SSSR count). The van der Waals surface area contributed by atoms with Crippen molar-refractivity contribution < 1.29 is 0 Å². The van der Waals surface area contributed by atoms with E-state index in [0.29, 0.717) is 11.9 Å². The molecule has 0 spiro atoms. The van der Waals surface area contributed by atoms with Gasteiger partial charge in [0.15, 0.2) is 0 Å². The number of halogens is 1. The number of aromatic nitrogens is 1. The molecule has 0 amide bonds. The van der Waals surface area contributed by atoms with Gasteiger partial charge >= 0.3 is 0 Å². The number of hydrogen-bond acceptors (Lipinski definition) is 4. The smallest absolute Gasteiger partial charge is 0.126 e. The van der Waals surface area contributed by atoms with E-state index in [1.165, 1.54) is 4.90 Å². The molecule has 1 atom stereocenters. The largest absolute Gasteiger partial charge is 0.383 e. The second-order valence-electron chi connectivity index (χ2n) is 4.51. The van der Waals surface area contributed by atoms with Gasteiger partial charge in [-0.05, 0) is 43.3 Å². The molecule has 0 saturated heterocycles. The molecule has 5 heteroatoms. The van der Waals surface area contributed by atoms with Crippen molar-refractivity contribution in [2.24, 2.45) is 0 Å². The number of likely N-dealkylation sites (N-methyl/N-ethyl adjacent to an activating group) is 1. The summed E-state index contributed by atoms with van der Waals surface area (Å²) in [6, 6.07) is 12.2. The standard InChI is InChI=1S/C15H18ClN3S/c1-18-13(8-11-4-3-7-19-15(11)17)10-20-14-6-2-5-12(16)9-14/h2-7,9,13,18H,8,10H2,1H3,(H2,17,19). The first-order valence-electron chi connectivity index (χ1n) is 6.44. The molecule has 3 nitrogen and oxygen atoms in total. The number of anilines is 1. The molecule has 2 aromatic rings. The molecule has 20 heavy (non-hydrogen) atoms. The SMILES string of the molecule is CNC(CSc1cccc(Cl)c1)Cc1cccnc1N. The molecule has 0 aliphatic heterocycles. The Labute approximate surface area is 128 Å². The summed E-state index contributed by atoms with van der Waals surface area (Å²) in [5.74, 6) is 1.56. The number of nitrogens with one attached hydrogen (secondary N) is 1. The number of rotatable bonds is 6. The lowest BCUT2D eigenvalue weighted by Gasteiger charge is -2.16. The summed E-state index contributed by atoms with van der Waals surface area (Å²) in [6.07, 6.45) is 2.58. The number of thioether (sulfide) groups is 1. The van der Waals surface area contributed by atoms with Crippen LogP contribution in [-0.2, 0) is 6.42 Å². The minimum atomic E-state index is 0.338. The molecule has 0 radical (unpaired) electrons. The third kappa shape index (κ3) is 4.40. The van der Waals surface area contributed by atoms with Crippen LogP contribution >= 0.6 is 23.4 Å². The molecule has 1 heterocycles. The number of benzene rings is 1. The molecule has 3 N–H and O–H groups in total. The van der Waals surface area contributed by atoms with Crippen molar-refractivity contribution in [2.45, 2.75) is 17.4 Å². The second-order valence-corrected chi connectivity index (χ2v) is 6.04. The Hall–Kier alpha value is -1.23. The first kappa shape index (κ1) is 15.2. The Morgan fingerprint density at radius 3 is 2.90 bits per heavy atom. The van der Waals surface area contributed by atoms with Crippen molar-refractivity contribution in [2.75, 3.05) is 18.5 Å². The molecule has 106 valence electrons. The zero-order valence-electron chi connectivity index (χ0n) is 11.3. The lowest BCUT2D eigenvalue weighted by molar-refractivity contribution is 0.617. The fraction of sp³-hybridized carbons (Fsp3) is 0.267. The molecule has 0 aliphatic carbocycles. The summed E-state index contributed by atoms with van der Waals surface area (Å²) < 4.78 is 0. The van der Waals surface area contributed by atoms with E-state index >= 15 is 0 Å². The number of nitrogen functional groups attached to an aromatic ring is 1. The van der Waals surface area contributed by atoms with E-state index in [4.69, 9.17) is 17.3 Å². The summed E-state index contributed by atoms with van der Waals surface area (Å²) in [6.45, 7) is 0. The van der Waals surface area contributed by atoms with Crippen molar-refractivity contribution in [3.8, 4) is 0 Å². The quantitative estimate of drug-likeness (QED) is 0.804. The van der Waals surface area contributed by atoms with E-state index in [0.717, 1.165) is 22.8 Å². The maximum Gasteiger partial charge on any atom is 0.126 e. The van der Waals surface area contributed by atoms with Crippen LogP contribution in [0.1, 0.15) is 5.56 Å². The van der Waals surface area contributed by atoms with E-state index in [2.05, 4.69) is 16.4 Å². The van der Waals surface area contributed by atoms with Crippen LogP contribution in [-0.4, -0.2) is 23.8 Å². The van der Waals surface area contributed by atoms with E-state index in [-0.39, 0.29) is 0 Å². The molecule has 0 aliphatic rings. The van der Waals surface area contributed by atoms with Crippen LogP contribution in [0, 0.1) is 0 Å². The third-order valence-corrected chi connectivity index (χ3v) is 4.44. The number of nitrogens with zero attached hydrogens (tertiary/aromatic N) is 1. The predicted octanol–water partition coefficient (Wildman–Crippen LogP) is 3.24. The fourth-order valence-corrected chi connectivity index (χ4v) is 3.21. The van der Waals surface area contributed by atoms with Gasteiger partial charge in [0.05, 0.1) is 0 Å². The number of nitrogens with two attached hydrogens (primary N) is 1. The highest BCUT2D eigenvalue weighted by atomic mass is 35.5. The molecule has 0 saturated carbocycles. The molecule has 0 bridgehead atoms. The van der Waals surface area contributed by atoms with E-state index in [1.54, 1.807) is 18.0 Å². The van der Waals surface area contributed by atoms with E-state index in [1.807, 2.05) is 37.4 Å².